The Bertz CT molecular complexity index is 498. The van der Waals surface area contributed by atoms with E-state index in [4.69, 9.17) is 5.73 Å². The summed E-state index contributed by atoms with van der Waals surface area (Å²) >= 11 is 0. The van der Waals surface area contributed by atoms with E-state index in [1.54, 1.807) is 12.3 Å². The number of nitrogens with one attached hydrogen (secondary N) is 1. The van der Waals surface area contributed by atoms with Gasteiger partial charge in [-0.2, -0.15) is 0 Å². The Morgan fingerprint density at radius 3 is 2.53 bits per heavy atom. The lowest BCUT2D eigenvalue weighted by Crippen LogP contribution is -2.38. The lowest BCUT2D eigenvalue weighted by atomic mass is 9.96. The van der Waals surface area contributed by atoms with Gasteiger partial charge in [-0.15, -0.1) is 0 Å². The Labute approximate surface area is 115 Å². The second-order valence-electron chi connectivity index (χ2n) is 4.64. The summed E-state index contributed by atoms with van der Waals surface area (Å²) in [6.45, 7) is 6.13. The number of aromatic nitrogens is 1. The largest absolute Gasteiger partial charge is 0.325 e. The van der Waals surface area contributed by atoms with E-state index in [0.717, 1.165) is 12.8 Å². The molecule has 19 heavy (non-hydrogen) atoms. The van der Waals surface area contributed by atoms with Crippen molar-refractivity contribution in [3.8, 4) is 0 Å². The fourth-order valence-electron chi connectivity index (χ4n) is 2.22. The number of nitrogens with zero attached hydrogens (tertiary/aromatic N) is 1. The summed E-state index contributed by atoms with van der Waals surface area (Å²) in [5.74, 6) is 0.327. The molecule has 1 heterocycles. The molecule has 3 N–H and O–H groups in total. The number of rotatable bonds is 7. The van der Waals surface area contributed by atoms with Crippen molar-refractivity contribution in [3.05, 3.63) is 24.0 Å². The molecule has 0 saturated carbocycles. The molecule has 0 aromatic carbocycles. The molecule has 0 fully saturated rings. The van der Waals surface area contributed by atoms with E-state index in [-0.39, 0.29) is 17.5 Å². The highest BCUT2D eigenvalue weighted by molar-refractivity contribution is 7.89. The number of pyridine rings is 1. The van der Waals surface area contributed by atoms with Gasteiger partial charge in [0.1, 0.15) is 4.90 Å². The molecule has 1 aromatic rings. The quantitative estimate of drug-likeness (QED) is 0.797. The maximum atomic E-state index is 12.4. The maximum Gasteiger partial charge on any atom is 0.242 e. The van der Waals surface area contributed by atoms with Crippen molar-refractivity contribution in [2.75, 3.05) is 0 Å². The lowest BCUT2D eigenvalue weighted by Gasteiger charge is -2.22. The zero-order chi connectivity index (χ0) is 14.5. The highest BCUT2D eigenvalue weighted by atomic mass is 32.2. The summed E-state index contributed by atoms with van der Waals surface area (Å²) in [5, 5.41) is 0. The summed E-state index contributed by atoms with van der Waals surface area (Å²) in [4.78, 5) is 4.19. The first-order chi connectivity index (χ1) is 8.96. The summed E-state index contributed by atoms with van der Waals surface area (Å²) in [6.07, 6.45) is 3.43. The van der Waals surface area contributed by atoms with Crippen LogP contribution in [0, 0.1) is 5.92 Å². The molecule has 1 rings (SSSR count). The van der Waals surface area contributed by atoms with Gasteiger partial charge in [0, 0.05) is 18.8 Å². The van der Waals surface area contributed by atoms with E-state index >= 15 is 0 Å². The Morgan fingerprint density at radius 2 is 2.00 bits per heavy atom. The highest BCUT2D eigenvalue weighted by Gasteiger charge is 2.24. The van der Waals surface area contributed by atoms with Crippen LogP contribution in [0.4, 0.5) is 0 Å². The van der Waals surface area contributed by atoms with Crippen molar-refractivity contribution in [3.63, 3.8) is 0 Å². The Kier molecular flexibility index (Phi) is 5.90. The maximum absolute atomic E-state index is 12.4. The number of hydrogen-bond acceptors (Lipinski definition) is 4. The van der Waals surface area contributed by atoms with Crippen molar-refractivity contribution >= 4 is 10.0 Å². The Hall–Kier alpha value is -0.980. The predicted molar refractivity (Wildman–Crippen MR) is 76.0 cm³/mol. The van der Waals surface area contributed by atoms with Gasteiger partial charge in [-0.25, -0.2) is 13.1 Å². The van der Waals surface area contributed by atoms with Crippen LogP contribution in [0.2, 0.25) is 0 Å². The molecular weight excluding hydrogens is 262 g/mol. The summed E-state index contributed by atoms with van der Waals surface area (Å²) in [7, 11) is -3.56. The van der Waals surface area contributed by atoms with Crippen molar-refractivity contribution in [1.82, 2.24) is 9.71 Å². The number of sulfonamides is 1. The molecular formula is C13H23N3O2S. The second-order valence-corrected chi connectivity index (χ2v) is 6.32. The molecule has 0 spiro atoms. The lowest BCUT2D eigenvalue weighted by molar-refractivity contribution is 0.390. The van der Waals surface area contributed by atoms with Gasteiger partial charge < -0.3 is 5.73 Å². The van der Waals surface area contributed by atoms with Crippen LogP contribution in [0.25, 0.3) is 0 Å². The average molecular weight is 285 g/mol. The van der Waals surface area contributed by atoms with Crippen LogP contribution in [0.1, 0.15) is 39.3 Å². The molecule has 5 nitrogen and oxygen atoms in total. The normalized spacial score (nSPS) is 13.7. The average Bonchev–Trinajstić information content (AvgIpc) is 2.39. The van der Waals surface area contributed by atoms with Crippen LogP contribution in [0.15, 0.2) is 23.2 Å². The Balaban J connectivity index is 2.98. The third-order valence-electron chi connectivity index (χ3n) is 3.43. The van der Waals surface area contributed by atoms with Crippen LogP contribution in [0.3, 0.4) is 0 Å². The number of hydrogen-bond donors (Lipinski definition) is 2. The van der Waals surface area contributed by atoms with Gasteiger partial charge >= 0.3 is 0 Å². The SMILES string of the molecule is CCC(CC)C(C)NS(=O)(=O)c1cccnc1CN. The van der Waals surface area contributed by atoms with E-state index < -0.39 is 10.0 Å². The zero-order valence-corrected chi connectivity index (χ0v) is 12.6. The minimum absolute atomic E-state index is 0.106. The molecule has 0 aliphatic carbocycles. The van der Waals surface area contributed by atoms with Gasteiger partial charge in [-0.3, -0.25) is 4.98 Å². The first kappa shape index (κ1) is 16.1. The van der Waals surface area contributed by atoms with E-state index in [1.807, 2.05) is 6.92 Å². The predicted octanol–water partition coefficient (Wildman–Crippen LogP) is 1.64. The van der Waals surface area contributed by atoms with Crippen LogP contribution >= 0.6 is 0 Å². The smallest absolute Gasteiger partial charge is 0.242 e. The third kappa shape index (κ3) is 3.99. The topological polar surface area (TPSA) is 85.1 Å². The Morgan fingerprint density at radius 1 is 1.37 bits per heavy atom. The molecule has 0 amide bonds. The number of nitrogens with two attached hydrogens (primary N) is 1. The van der Waals surface area contributed by atoms with Gasteiger partial charge in [-0.05, 0) is 25.0 Å². The van der Waals surface area contributed by atoms with E-state index in [9.17, 15) is 8.42 Å². The van der Waals surface area contributed by atoms with Crippen molar-refractivity contribution < 1.29 is 8.42 Å². The van der Waals surface area contributed by atoms with Crippen molar-refractivity contribution in [2.45, 2.75) is 51.1 Å². The summed E-state index contributed by atoms with van der Waals surface area (Å²) in [5.41, 5.74) is 5.93. The fourth-order valence-corrected chi connectivity index (χ4v) is 3.73. The molecule has 1 aromatic heterocycles. The molecule has 108 valence electrons. The van der Waals surface area contributed by atoms with Gasteiger partial charge in [0.2, 0.25) is 10.0 Å². The second kappa shape index (κ2) is 6.98. The van der Waals surface area contributed by atoms with Gasteiger partial charge in [0.25, 0.3) is 0 Å². The van der Waals surface area contributed by atoms with Gasteiger partial charge in [0.05, 0.1) is 5.69 Å². The molecule has 0 aliphatic heterocycles. The van der Waals surface area contributed by atoms with Crippen LogP contribution in [0.5, 0.6) is 0 Å². The molecule has 0 saturated heterocycles. The molecule has 0 radical (unpaired) electrons. The molecule has 0 bridgehead atoms. The molecule has 6 heteroatoms. The van der Waals surface area contributed by atoms with E-state index in [0.29, 0.717) is 11.6 Å². The van der Waals surface area contributed by atoms with Gasteiger partial charge in [0.15, 0.2) is 0 Å². The molecule has 0 aliphatic rings. The van der Waals surface area contributed by atoms with Crippen molar-refractivity contribution in [2.24, 2.45) is 11.7 Å². The minimum atomic E-state index is -3.56. The minimum Gasteiger partial charge on any atom is -0.325 e. The van der Waals surface area contributed by atoms with Crippen LogP contribution < -0.4 is 10.5 Å². The summed E-state index contributed by atoms with van der Waals surface area (Å²) < 4.78 is 27.4. The van der Waals surface area contributed by atoms with Crippen LogP contribution in [-0.2, 0) is 16.6 Å². The first-order valence-electron chi connectivity index (χ1n) is 6.62. The fraction of sp³-hybridized carbons (Fsp3) is 0.615. The third-order valence-corrected chi connectivity index (χ3v) is 5.06. The highest BCUT2D eigenvalue weighted by Crippen LogP contribution is 2.17. The molecule has 1 atom stereocenters. The summed E-state index contributed by atoms with van der Waals surface area (Å²) in [6, 6.07) is 3.04. The standard InChI is InChI=1S/C13H23N3O2S/c1-4-11(5-2)10(3)16-19(17,18)13-7-6-8-15-12(13)9-14/h6-8,10-11,16H,4-5,9,14H2,1-3H3. The monoisotopic (exact) mass is 285 g/mol. The first-order valence-corrected chi connectivity index (χ1v) is 8.10. The zero-order valence-electron chi connectivity index (χ0n) is 11.8. The van der Waals surface area contributed by atoms with Gasteiger partial charge in [-0.1, -0.05) is 26.7 Å². The van der Waals surface area contributed by atoms with Crippen molar-refractivity contribution in [1.29, 1.82) is 0 Å². The van der Waals surface area contributed by atoms with E-state index in [1.165, 1.54) is 6.07 Å². The van der Waals surface area contributed by atoms with E-state index in [2.05, 4.69) is 23.6 Å². The van der Waals surface area contributed by atoms with Crippen LogP contribution in [-0.4, -0.2) is 19.4 Å². The molecule has 1 unspecified atom stereocenters.